The van der Waals surface area contributed by atoms with Crippen molar-refractivity contribution >= 4 is 22.0 Å². The first kappa shape index (κ1) is 13.1. The van der Waals surface area contributed by atoms with Gasteiger partial charge in [0.25, 0.3) is 0 Å². The van der Waals surface area contributed by atoms with Crippen LogP contribution in [0, 0.1) is 5.82 Å². The minimum atomic E-state index is -0.853. The summed E-state index contributed by atoms with van der Waals surface area (Å²) in [6.07, 6.45) is 3.55. The quantitative estimate of drug-likeness (QED) is 0.689. The van der Waals surface area contributed by atoms with E-state index < -0.39 is 17.1 Å². The van der Waals surface area contributed by atoms with Gasteiger partial charge in [-0.05, 0) is 41.3 Å². The smallest absolute Gasteiger partial charge is 0.235 e. The fourth-order valence-electron chi connectivity index (χ4n) is 2.17. The Morgan fingerprint density at radius 2 is 2.28 bits per heavy atom. The lowest BCUT2D eigenvalue weighted by atomic mass is 9.72. The Kier molecular flexibility index (Phi) is 3.41. The first-order chi connectivity index (χ1) is 8.55. The summed E-state index contributed by atoms with van der Waals surface area (Å²) in [5.41, 5.74) is -0.552. The van der Waals surface area contributed by atoms with Gasteiger partial charge in [0, 0.05) is 5.56 Å². The zero-order valence-electron chi connectivity index (χ0n) is 9.67. The highest BCUT2D eigenvalue weighted by atomic mass is 79.9. The fraction of sp³-hybridized carbons (Fsp3) is 0.417. The van der Waals surface area contributed by atoms with Crippen LogP contribution in [0.4, 0.5) is 4.39 Å². The van der Waals surface area contributed by atoms with Crippen molar-refractivity contribution < 1.29 is 19.0 Å². The maximum atomic E-state index is 13.9. The highest BCUT2D eigenvalue weighted by molar-refractivity contribution is 9.10. The van der Waals surface area contributed by atoms with E-state index in [2.05, 4.69) is 20.9 Å². The van der Waals surface area contributed by atoms with Crippen molar-refractivity contribution in [3.8, 4) is 11.5 Å². The second-order valence-corrected chi connectivity index (χ2v) is 5.04. The Hall–Kier alpha value is -1.39. The minimum absolute atomic E-state index is 0.0687. The second kappa shape index (κ2) is 4.71. The van der Waals surface area contributed by atoms with Gasteiger partial charge in [0.1, 0.15) is 5.54 Å². The van der Waals surface area contributed by atoms with Crippen LogP contribution in [0.3, 0.4) is 0 Å². The molecule has 0 aliphatic heterocycles. The molecule has 0 atom stereocenters. The molecule has 0 aromatic heterocycles. The molecular formula is C12H11BrFNO3. The van der Waals surface area contributed by atoms with Crippen LogP contribution in [0.1, 0.15) is 24.8 Å². The molecule has 1 aliphatic rings. The predicted octanol–water partition coefficient (Wildman–Crippen LogP) is 3.02. The summed E-state index contributed by atoms with van der Waals surface area (Å²) in [7, 11) is 1.31. The largest absolute Gasteiger partial charge is 0.504 e. The van der Waals surface area contributed by atoms with Crippen LogP contribution in [0.15, 0.2) is 15.5 Å². The average Bonchev–Trinajstić information content (AvgIpc) is 2.29. The van der Waals surface area contributed by atoms with Crippen molar-refractivity contribution in [3.05, 3.63) is 21.9 Å². The first-order valence-corrected chi connectivity index (χ1v) is 6.19. The van der Waals surface area contributed by atoms with Crippen molar-refractivity contribution in [2.45, 2.75) is 24.8 Å². The molecule has 1 fully saturated rings. The van der Waals surface area contributed by atoms with Crippen molar-refractivity contribution in [2.75, 3.05) is 7.11 Å². The monoisotopic (exact) mass is 315 g/mol. The van der Waals surface area contributed by atoms with E-state index in [9.17, 15) is 14.3 Å². The highest BCUT2D eigenvalue weighted by Crippen LogP contribution is 2.50. The van der Waals surface area contributed by atoms with Gasteiger partial charge in [-0.3, -0.25) is 0 Å². The van der Waals surface area contributed by atoms with Crippen molar-refractivity contribution in [2.24, 2.45) is 4.99 Å². The molecule has 1 aromatic carbocycles. The molecular weight excluding hydrogens is 305 g/mol. The number of ether oxygens (including phenoxy) is 1. The number of aromatic hydroxyl groups is 1. The number of aliphatic imine (C=N–C) groups is 1. The third-order valence-corrected chi connectivity index (χ3v) is 3.89. The average molecular weight is 316 g/mol. The summed E-state index contributed by atoms with van der Waals surface area (Å²) in [6, 6.07) is 1.54. The van der Waals surface area contributed by atoms with Gasteiger partial charge in [0.15, 0.2) is 11.5 Å². The van der Waals surface area contributed by atoms with E-state index in [1.165, 1.54) is 19.3 Å². The Balaban J connectivity index is 2.62. The summed E-state index contributed by atoms with van der Waals surface area (Å²) in [5, 5.41) is 9.90. The Morgan fingerprint density at radius 1 is 1.61 bits per heavy atom. The van der Waals surface area contributed by atoms with Crippen LogP contribution in [-0.2, 0) is 10.3 Å². The Bertz CT molecular complexity index is 537. The SMILES string of the molecule is COc1c(Br)cc(C2(N=C=O)CCC2)c(O)c1F. The molecule has 96 valence electrons. The maximum absolute atomic E-state index is 13.9. The highest BCUT2D eigenvalue weighted by Gasteiger charge is 2.42. The number of hydrogen-bond acceptors (Lipinski definition) is 4. The lowest BCUT2D eigenvalue weighted by molar-refractivity contribution is 0.243. The number of phenols is 1. The number of isocyanates is 1. The molecule has 0 unspecified atom stereocenters. The van der Waals surface area contributed by atoms with Gasteiger partial charge in [0.2, 0.25) is 11.9 Å². The van der Waals surface area contributed by atoms with Gasteiger partial charge in [-0.1, -0.05) is 0 Å². The third kappa shape index (κ3) is 1.82. The molecule has 4 nitrogen and oxygen atoms in total. The number of methoxy groups -OCH3 is 1. The number of phenolic OH excluding ortho intramolecular Hbond substituents is 1. The lowest BCUT2D eigenvalue weighted by Gasteiger charge is -2.37. The fourth-order valence-corrected chi connectivity index (χ4v) is 2.74. The van der Waals surface area contributed by atoms with E-state index in [1.807, 2.05) is 0 Å². The zero-order valence-corrected chi connectivity index (χ0v) is 11.3. The second-order valence-electron chi connectivity index (χ2n) is 4.19. The van der Waals surface area contributed by atoms with Crippen LogP contribution in [0.5, 0.6) is 11.5 Å². The molecule has 0 heterocycles. The number of benzene rings is 1. The predicted molar refractivity (Wildman–Crippen MR) is 66.0 cm³/mol. The molecule has 2 rings (SSSR count). The first-order valence-electron chi connectivity index (χ1n) is 5.40. The van der Waals surface area contributed by atoms with Crippen LogP contribution in [0.2, 0.25) is 0 Å². The number of carbonyl (C=O) groups excluding carboxylic acids is 1. The molecule has 1 N–H and O–H groups in total. The van der Waals surface area contributed by atoms with Crippen LogP contribution < -0.4 is 4.74 Å². The molecule has 18 heavy (non-hydrogen) atoms. The number of halogens is 2. The molecule has 0 spiro atoms. The molecule has 0 radical (unpaired) electrons. The molecule has 1 saturated carbocycles. The van der Waals surface area contributed by atoms with E-state index in [4.69, 9.17) is 4.74 Å². The molecule has 0 saturated heterocycles. The van der Waals surface area contributed by atoms with Crippen LogP contribution in [0.25, 0.3) is 0 Å². The summed E-state index contributed by atoms with van der Waals surface area (Å²) in [6.45, 7) is 0. The summed E-state index contributed by atoms with van der Waals surface area (Å²) >= 11 is 3.17. The van der Waals surface area contributed by atoms with E-state index >= 15 is 0 Å². The molecule has 1 aliphatic carbocycles. The zero-order chi connectivity index (χ0) is 13.3. The molecule has 6 heteroatoms. The van der Waals surface area contributed by atoms with E-state index in [1.54, 1.807) is 0 Å². The molecule has 0 amide bonds. The third-order valence-electron chi connectivity index (χ3n) is 3.30. The van der Waals surface area contributed by atoms with Crippen molar-refractivity contribution in [3.63, 3.8) is 0 Å². The van der Waals surface area contributed by atoms with Gasteiger partial charge >= 0.3 is 0 Å². The topological polar surface area (TPSA) is 58.9 Å². The van der Waals surface area contributed by atoms with Crippen molar-refractivity contribution in [1.29, 1.82) is 0 Å². The van der Waals surface area contributed by atoms with Crippen LogP contribution >= 0.6 is 15.9 Å². The van der Waals surface area contributed by atoms with Gasteiger partial charge < -0.3 is 9.84 Å². The van der Waals surface area contributed by atoms with Gasteiger partial charge in [-0.2, -0.15) is 9.38 Å². The standard InChI is InChI=1S/C12H11BrFNO3/c1-18-11-8(13)5-7(10(17)9(11)14)12(15-6-16)3-2-4-12/h5,17H,2-4H2,1H3. The number of nitrogens with zero attached hydrogens (tertiary/aromatic N) is 1. The Morgan fingerprint density at radius 3 is 2.72 bits per heavy atom. The lowest BCUT2D eigenvalue weighted by Crippen LogP contribution is -2.32. The van der Waals surface area contributed by atoms with Crippen LogP contribution in [-0.4, -0.2) is 18.3 Å². The molecule has 1 aromatic rings. The summed E-state index contributed by atoms with van der Waals surface area (Å²) in [5.74, 6) is -1.44. The van der Waals surface area contributed by atoms with Gasteiger partial charge in [-0.15, -0.1) is 0 Å². The van der Waals surface area contributed by atoms with E-state index in [-0.39, 0.29) is 5.75 Å². The van der Waals surface area contributed by atoms with E-state index in [0.29, 0.717) is 22.9 Å². The van der Waals surface area contributed by atoms with Gasteiger partial charge in [-0.25, -0.2) is 4.79 Å². The summed E-state index contributed by atoms with van der Waals surface area (Å²) < 4.78 is 19.1. The van der Waals surface area contributed by atoms with E-state index in [0.717, 1.165) is 6.42 Å². The summed E-state index contributed by atoms with van der Waals surface area (Å²) in [4.78, 5) is 14.2. The minimum Gasteiger partial charge on any atom is -0.504 e. The Labute approximate surface area is 112 Å². The molecule has 0 bridgehead atoms. The van der Waals surface area contributed by atoms with Gasteiger partial charge in [0.05, 0.1) is 11.6 Å². The normalized spacial score (nSPS) is 16.6. The maximum Gasteiger partial charge on any atom is 0.235 e. The number of rotatable bonds is 3. The van der Waals surface area contributed by atoms with Crippen molar-refractivity contribution in [1.82, 2.24) is 0 Å². The number of hydrogen-bond donors (Lipinski definition) is 1.